The van der Waals surface area contributed by atoms with Gasteiger partial charge in [-0.2, -0.15) is 0 Å². The van der Waals surface area contributed by atoms with Crippen LogP contribution in [0.3, 0.4) is 0 Å². The van der Waals surface area contributed by atoms with Crippen molar-refractivity contribution >= 4 is 9.84 Å². The van der Waals surface area contributed by atoms with Crippen molar-refractivity contribution < 1.29 is 17.9 Å². The molecule has 1 aliphatic carbocycles. The van der Waals surface area contributed by atoms with Gasteiger partial charge in [0.25, 0.3) is 0 Å². The van der Waals surface area contributed by atoms with Crippen molar-refractivity contribution in [3.8, 4) is 5.75 Å². The molecular weight excluding hydrogens is 324 g/mol. The van der Waals surface area contributed by atoms with Gasteiger partial charge in [0.05, 0.1) is 11.9 Å². The first kappa shape index (κ1) is 17.7. The van der Waals surface area contributed by atoms with E-state index in [1.54, 1.807) is 0 Å². The van der Waals surface area contributed by atoms with Crippen LogP contribution >= 0.6 is 0 Å². The number of ether oxygens (including phenoxy) is 2. The molecule has 24 heavy (non-hydrogen) atoms. The minimum atomic E-state index is -2.99. The molecule has 1 saturated carbocycles. The Kier molecular flexibility index (Phi) is 5.82. The van der Waals surface area contributed by atoms with Gasteiger partial charge in [-0.15, -0.1) is 0 Å². The number of hydrogen-bond acceptors (Lipinski definition) is 4. The lowest BCUT2D eigenvalue weighted by molar-refractivity contribution is -0.0428. The van der Waals surface area contributed by atoms with Crippen molar-refractivity contribution in [3.63, 3.8) is 0 Å². The van der Waals surface area contributed by atoms with E-state index in [1.165, 1.54) is 18.4 Å². The minimum absolute atomic E-state index is 0.0426. The zero-order valence-corrected chi connectivity index (χ0v) is 15.3. The Hall–Kier alpha value is -1.07. The summed E-state index contributed by atoms with van der Waals surface area (Å²) >= 11 is 0. The Morgan fingerprint density at radius 3 is 2.58 bits per heavy atom. The van der Waals surface area contributed by atoms with Gasteiger partial charge in [0.2, 0.25) is 0 Å². The third-order valence-corrected chi connectivity index (χ3v) is 6.87. The van der Waals surface area contributed by atoms with Crippen LogP contribution in [0.4, 0.5) is 0 Å². The summed E-state index contributed by atoms with van der Waals surface area (Å²) in [5, 5.41) is 0. The van der Waals surface area contributed by atoms with Gasteiger partial charge in [0.1, 0.15) is 12.4 Å². The fraction of sp³-hybridized carbons (Fsp3) is 0.684. The van der Waals surface area contributed by atoms with E-state index in [2.05, 4.69) is 12.1 Å². The number of sulfone groups is 1. The van der Waals surface area contributed by atoms with Gasteiger partial charge in [-0.3, -0.25) is 0 Å². The SMILES string of the molecule is CCCS(=O)(=O)C[C@H]1CCCO[C@H]1COc1ccc(C2CC2)cc1. The summed E-state index contributed by atoms with van der Waals surface area (Å²) in [6.45, 7) is 3.02. The molecule has 1 heterocycles. The van der Waals surface area contributed by atoms with E-state index < -0.39 is 9.84 Å². The van der Waals surface area contributed by atoms with Gasteiger partial charge in [-0.05, 0) is 55.7 Å². The molecule has 5 heteroatoms. The molecule has 2 atom stereocenters. The molecule has 0 amide bonds. The van der Waals surface area contributed by atoms with Crippen LogP contribution in [0.1, 0.15) is 50.5 Å². The average molecular weight is 352 g/mol. The molecule has 1 saturated heterocycles. The fourth-order valence-corrected chi connectivity index (χ4v) is 5.25. The second-order valence-electron chi connectivity index (χ2n) is 7.08. The molecule has 0 spiro atoms. The Labute approximate surface area is 145 Å². The monoisotopic (exact) mass is 352 g/mol. The summed E-state index contributed by atoms with van der Waals surface area (Å²) in [6.07, 6.45) is 4.96. The number of hydrogen-bond donors (Lipinski definition) is 0. The van der Waals surface area contributed by atoms with Crippen molar-refractivity contribution in [3.05, 3.63) is 29.8 Å². The molecule has 0 radical (unpaired) electrons. The second-order valence-corrected chi connectivity index (χ2v) is 9.31. The molecular formula is C19H28O4S. The highest BCUT2D eigenvalue weighted by atomic mass is 32.2. The largest absolute Gasteiger partial charge is 0.491 e. The zero-order chi connectivity index (χ0) is 17.0. The lowest BCUT2D eigenvalue weighted by Crippen LogP contribution is -2.38. The Morgan fingerprint density at radius 1 is 1.17 bits per heavy atom. The maximum Gasteiger partial charge on any atom is 0.150 e. The fourth-order valence-electron chi connectivity index (χ4n) is 3.43. The molecule has 2 fully saturated rings. The summed E-state index contributed by atoms with van der Waals surface area (Å²) < 4.78 is 36.0. The maximum atomic E-state index is 12.1. The zero-order valence-electron chi connectivity index (χ0n) is 14.4. The highest BCUT2D eigenvalue weighted by molar-refractivity contribution is 7.91. The molecule has 3 rings (SSSR count). The van der Waals surface area contributed by atoms with Crippen LogP contribution in [0.2, 0.25) is 0 Å². The van der Waals surface area contributed by atoms with Gasteiger partial charge in [-0.1, -0.05) is 19.1 Å². The normalized spacial score (nSPS) is 24.7. The van der Waals surface area contributed by atoms with Crippen LogP contribution in [0, 0.1) is 5.92 Å². The van der Waals surface area contributed by atoms with Crippen LogP contribution in [-0.2, 0) is 14.6 Å². The van der Waals surface area contributed by atoms with E-state index in [0.717, 1.165) is 24.5 Å². The van der Waals surface area contributed by atoms with Gasteiger partial charge in [-0.25, -0.2) is 8.42 Å². The molecule has 0 N–H and O–H groups in total. The molecule has 0 unspecified atom stereocenters. The molecule has 2 aliphatic rings. The first-order chi connectivity index (χ1) is 11.6. The van der Waals surface area contributed by atoms with Gasteiger partial charge in [0, 0.05) is 18.3 Å². The van der Waals surface area contributed by atoms with Crippen molar-refractivity contribution in [1.29, 1.82) is 0 Å². The predicted octanol–water partition coefficient (Wildman–Crippen LogP) is 3.56. The summed E-state index contributed by atoms with van der Waals surface area (Å²) in [5.74, 6) is 2.11. The molecule has 134 valence electrons. The van der Waals surface area contributed by atoms with Crippen LogP contribution in [0.25, 0.3) is 0 Å². The molecule has 4 nitrogen and oxygen atoms in total. The van der Waals surface area contributed by atoms with E-state index >= 15 is 0 Å². The highest BCUT2D eigenvalue weighted by Gasteiger charge is 2.30. The van der Waals surface area contributed by atoms with E-state index in [1.807, 2.05) is 19.1 Å². The predicted molar refractivity (Wildman–Crippen MR) is 95.3 cm³/mol. The minimum Gasteiger partial charge on any atom is -0.491 e. The molecule has 0 bridgehead atoms. The van der Waals surface area contributed by atoms with Crippen LogP contribution in [0.5, 0.6) is 5.75 Å². The number of benzene rings is 1. The summed E-state index contributed by atoms with van der Waals surface area (Å²) in [7, 11) is -2.99. The molecule has 1 aliphatic heterocycles. The Balaban J connectivity index is 1.55. The first-order valence-corrected chi connectivity index (χ1v) is 10.9. The summed E-state index contributed by atoms with van der Waals surface area (Å²) in [6, 6.07) is 8.30. The van der Waals surface area contributed by atoms with Crippen molar-refractivity contribution in [2.45, 2.75) is 51.0 Å². The Morgan fingerprint density at radius 2 is 1.92 bits per heavy atom. The quantitative estimate of drug-likeness (QED) is 0.718. The van der Waals surface area contributed by atoms with Crippen LogP contribution in [0.15, 0.2) is 24.3 Å². The summed E-state index contributed by atoms with van der Waals surface area (Å²) in [4.78, 5) is 0. The van der Waals surface area contributed by atoms with E-state index in [9.17, 15) is 8.42 Å². The summed E-state index contributed by atoms with van der Waals surface area (Å²) in [5.41, 5.74) is 1.39. The lowest BCUT2D eigenvalue weighted by Gasteiger charge is -2.31. The molecule has 1 aromatic rings. The van der Waals surface area contributed by atoms with E-state index in [4.69, 9.17) is 9.47 Å². The lowest BCUT2D eigenvalue weighted by atomic mass is 9.97. The number of rotatable bonds is 8. The standard InChI is InChI=1S/C19H28O4S/c1-2-12-24(20,21)14-17-4-3-11-22-19(17)13-23-18-9-7-16(8-10-18)15-5-6-15/h7-10,15,17,19H,2-6,11-14H2,1H3/t17-,19+/m1/s1. The van der Waals surface area contributed by atoms with Crippen LogP contribution < -0.4 is 4.74 Å². The van der Waals surface area contributed by atoms with E-state index in [-0.39, 0.29) is 23.5 Å². The third kappa shape index (κ3) is 4.96. The first-order valence-electron chi connectivity index (χ1n) is 9.12. The topological polar surface area (TPSA) is 52.6 Å². The van der Waals surface area contributed by atoms with Gasteiger partial charge >= 0.3 is 0 Å². The third-order valence-electron chi connectivity index (χ3n) is 4.90. The van der Waals surface area contributed by atoms with Crippen LogP contribution in [-0.4, -0.2) is 39.2 Å². The molecule has 0 aromatic heterocycles. The Bertz CT molecular complexity index is 619. The smallest absolute Gasteiger partial charge is 0.150 e. The highest BCUT2D eigenvalue weighted by Crippen LogP contribution is 2.40. The van der Waals surface area contributed by atoms with Crippen molar-refractivity contribution in [1.82, 2.24) is 0 Å². The second kappa shape index (κ2) is 7.87. The van der Waals surface area contributed by atoms with E-state index in [0.29, 0.717) is 19.6 Å². The van der Waals surface area contributed by atoms with Crippen molar-refractivity contribution in [2.75, 3.05) is 24.7 Å². The molecule has 1 aromatic carbocycles. The van der Waals surface area contributed by atoms with Gasteiger partial charge < -0.3 is 9.47 Å². The van der Waals surface area contributed by atoms with Crippen molar-refractivity contribution in [2.24, 2.45) is 5.92 Å². The maximum absolute atomic E-state index is 12.1. The van der Waals surface area contributed by atoms with Gasteiger partial charge in [0.15, 0.2) is 9.84 Å². The average Bonchev–Trinajstić information content (AvgIpc) is 3.39.